The number of allylic oxidation sites excluding steroid dienone is 4. The Labute approximate surface area is 245 Å². The minimum atomic E-state index is 0.379. The van der Waals surface area contributed by atoms with Crippen LogP contribution >= 0.6 is 0 Å². The van der Waals surface area contributed by atoms with Gasteiger partial charge in [-0.2, -0.15) is 0 Å². The van der Waals surface area contributed by atoms with Crippen LogP contribution < -0.4 is 10.2 Å². The Morgan fingerprint density at radius 2 is 2.02 bits per heavy atom. The maximum absolute atomic E-state index is 9.06. The largest absolute Gasteiger partial charge is 0.490 e. The molecule has 1 atom stereocenters. The summed E-state index contributed by atoms with van der Waals surface area (Å²) in [6, 6.07) is 2.82. The molecule has 1 N–H and O–H groups in total. The number of aromatic nitrogens is 1. The Kier molecular flexibility index (Phi) is 9.90. The van der Waals surface area contributed by atoms with Crippen LogP contribution in [0.3, 0.4) is 0 Å². The van der Waals surface area contributed by atoms with Crippen molar-refractivity contribution >= 4 is 23.5 Å². The molecule has 0 amide bonds. The summed E-state index contributed by atoms with van der Waals surface area (Å²) in [4.78, 5) is 26.5. The summed E-state index contributed by atoms with van der Waals surface area (Å²) in [7, 11) is 2.21. The van der Waals surface area contributed by atoms with Gasteiger partial charge >= 0.3 is 0 Å². The number of nitrogens with zero attached hydrogens (tertiary/aromatic N) is 5. The molecular formula is C32H46N6O3. The molecule has 0 spiro atoms. The maximum Gasteiger partial charge on any atom is 0.142 e. The van der Waals surface area contributed by atoms with Crippen molar-refractivity contribution in [3.05, 3.63) is 53.7 Å². The highest BCUT2D eigenvalue weighted by Crippen LogP contribution is 2.39. The van der Waals surface area contributed by atoms with Crippen LogP contribution in [0.2, 0.25) is 0 Å². The number of carbonyl (C=O) groups is 1. The topological polar surface area (TPSA) is 82.5 Å². The predicted octanol–water partition coefficient (Wildman–Crippen LogP) is 4.24. The minimum Gasteiger partial charge on any atom is -0.490 e. The third kappa shape index (κ3) is 7.26. The van der Waals surface area contributed by atoms with Crippen LogP contribution in [0, 0.1) is 11.8 Å². The number of likely N-dealkylation sites (tertiary alicyclic amines) is 1. The molecule has 0 radical (unpaired) electrons. The van der Waals surface area contributed by atoms with Crippen molar-refractivity contribution in [2.24, 2.45) is 16.8 Å². The van der Waals surface area contributed by atoms with E-state index in [0.717, 1.165) is 75.1 Å². The minimum absolute atomic E-state index is 0.379. The van der Waals surface area contributed by atoms with Crippen molar-refractivity contribution in [2.45, 2.75) is 52.2 Å². The van der Waals surface area contributed by atoms with Gasteiger partial charge in [-0.05, 0) is 69.5 Å². The molecule has 3 fully saturated rings. The number of carbonyl (C=O) groups excluding carboxylic acids is 1. The summed E-state index contributed by atoms with van der Waals surface area (Å²) in [5.74, 6) is 2.89. The van der Waals surface area contributed by atoms with Gasteiger partial charge in [-0.1, -0.05) is 20.4 Å². The second kappa shape index (κ2) is 13.8. The zero-order valence-corrected chi connectivity index (χ0v) is 25.0. The van der Waals surface area contributed by atoms with Gasteiger partial charge in [0.2, 0.25) is 0 Å². The molecule has 9 heteroatoms. The Morgan fingerprint density at radius 1 is 1.27 bits per heavy atom. The summed E-state index contributed by atoms with van der Waals surface area (Å²) in [6.07, 6.45) is 10.4. The average molecular weight is 563 g/mol. The van der Waals surface area contributed by atoms with Gasteiger partial charge in [-0.25, -0.2) is 4.98 Å². The SMILES string of the molecule is C=CC=O.CCN(CCC(C)C1=CC2=C(CC(C3CC3)=N1)OCc1c(N3CCOCC3)ccnc1N2)C1CN(C)C1. The Balaban J connectivity index is 0.000000794. The van der Waals surface area contributed by atoms with E-state index in [4.69, 9.17) is 24.2 Å². The van der Waals surface area contributed by atoms with Crippen molar-refractivity contribution in [1.29, 1.82) is 0 Å². The number of ether oxygens (including phenoxy) is 2. The van der Waals surface area contributed by atoms with E-state index in [1.807, 2.05) is 6.20 Å². The van der Waals surface area contributed by atoms with E-state index in [0.29, 0.717) is 30.8 Å². The number of morpholine rings is 1. The summed E-state index contributed by atoms with van der Waals surface area (Å²) in [5.41, 5.74) is 5.84. The molecule has 1 saturated carbocycles. The first-order valence-electron chi connectivity index (χ1n) is 15.2. The van der Waals surface area contributed by atoms with E-state index in [2.05, 4.69) is 59.6 Å². The van der Waals surface area contributed by atoms with Gasteiger partial charge < -0.3 is 24.6 Å². The number of nitrogens with one attached hydrogen (secondary N) is 1. The molecule has 1 unspecified atom stereocenters. The van der Waals surface area contributed by atoms with Crippen LogP contribution in [-0.2, 0) is 20.9 Å². The van der Waals surface area contributed by atoms with Gasteiger partial charge in [0.25, 0.3) is 0 Å². The van der Waals surface area contributed by atoms with Crippen molar-refractivity contribution in [3.8, 4) is 0 Å². The molecule has 6 rings (SSSR count). The van der Waals surface area contributed by atoms with E-state index in [-0.39, 0.29) is 0 Å². The first-order chi connectivity index (χ1) is 20.0. The standard InChI is InChI=1S/C29H42N6O2.C3H4O/c1-4-34(22-17-33(3)18-22)10-8-20(2)24-15-26-28(16-25(31-24)21-5-6-21)37-19-23-27(7-9-30-29(23)32-26)35-11-13-36-14-12-35;1-2-3-4/h7,9,15,20-22H,4-6,8,10-14,16-19H2,1-3H3,(H,30,32);2-3H,1H2. The van der Waals surface area contributed by atoms with Gasteiger partial charge in [0.05, 0.1) is 24.5 Å². The number of anilines is 2. The lowest BCUT2D eigenvalue weighted by atomic mass is 10.0. The highest BCUT2D eigenvalue weighted by molar-refractivity contribution is 5.92. The normalized spacial score (nSPS) is 21.8. The molecule has 0 aromatic carbocycles. The van der Waals surface area contributed by atoms with E-state index >= 15 is 0 Å². The number of likely N-dealkylation sites (N-methyl/N-ethyl adjacent to an activating group) is 2. The summed E-state index contributed by atoms with van der Waals surface area (Å²) in [6.45, 7) is 16.2. The van der Waals surface area contributed by atoms with Crippen LogP contribution in [0.15, 0.2) is 53.1 Å². The average Bonchev–Trinajstić information content (AvgIpc) is 3.84. The Morgan fingerprint density at radius 3 is 2.68 bits per heavy atom. The summed E-state index contributed by atoms with van der Waals surface area (Å²) in [5, 5.41) is 3.68. The smallest absolute Gasteiger partial charge is 0.142 e. The van der Waals surface area contributed by atoms with Gasteiger partial charge in [0, 0.05) is 61.9 Å². The molecule has 2 saturated heterocycles. The van der Waals surface area contributed by atoms with Gasteiger partial charge in [0.1, 0.15) is 24.5 Å². The molecule has 5 heterocycles. The molecule has 0 bridgehead atoms. The molecule has 1 aromatic rings. The van der Waals surface area contributed by atoms with E-state index in [1.165, 1.54) is 49.1 Å². The first-order valence-corrected chi connectivity index (χ1v) is 15.2. The number of aldehydes is 1. The van der Waals surface area contributed by atoms with E-state index < -0.39 is 0 Å². The van der Waals surface area contributed by atoms with E-state index in [9.17, 15) is 0 Å². The zero-order chi connectivity index (χ0) is 28.8. The molecule has 5 aliphatic rings. The monoisotopic (exact) mass is 562 g/mol. The highest BCUT2D eigenvalue weighted by Gasteiger charge is 2.33. The van der Waals surface area contributed by atoms with Gasteiger partial charge in [0.15, 0.2) is 0 Å². The molecule has 1 aromatic heterocycles. The third-order valence-electron chi connectivity index (χ3n) is 8.70. The number of aliphatic imine (C=N–C) groups is 1. The predicted molar refractivity (Wildman–Crippen MR) is 164 cm³/mol. The highest BCUT2D eigenvalue weighted by atomic mass is 16.5. The van der Waals surface area contributed by atoms with Crippen LogP contribution in [0.4, 0.5) is 11.5 Å². The number of fused-ring (bicyclic) bond motifs is 1. The lowest BCUT2D eigenvalue weighted by Crippen LogP contribution is -2.57. The van der Waals surface area contributed by atoms with Crippen molar-refractivity contribution in [2.75, 3.05) is 69.7 Å². The number of hydrogen-bond acceptors (Lipinski definition) is 9. The third-order valence-corrected chi connectivity index (χ3v) is 8.70. The summed E-state index contributed by atoms with van der Waals surface area (Å²) < 4.78 is 12.1. The lowest BCUT2D eigenvalue weighted by Gasteiger charge is -2.43. The Hall–Kier alpha value is -3.01. The molecule has 9 nitrogen and oxygen atoms in total. The van der Waals surface area contributed by atoms with Crippen molar-refractivity contribution in [3.63, 3.8) is 0 Å². The molecular weight excluding hydrogens is 516 g/mol. The van der Waals surface area contributed by atoms with E-state index in [1.54, 1.807) is 0 Å². The quantitative estimate of drug-likeness (QED) is 0.354. The second-order valence-corrected chi connectivity index (χ2v) is 11.7. The van der Waals surface area contributed by atoms with Crippen LogP contribution in [0.25, 0.3) is 0 Å². The van der Waals surface area contributed by atoms with Crippen LogP contribution in [0.5, 0.6) is 0 Å². The molecule has 4 aliphatic heterocycles. The molecule has 41 heavy (non-hydrogen) atoms. The first kappa shape index (κ1) is 29.5. The second-order valence-electron chi connectivity index (χ2n) is 11.7. The Bertz CT molecular complexity index is 1170. The number of rotatable bonds is 9. The molecule has 222 valence electrons. The number of hydrogen-bond donors (Lipinski definition) is 1. The fourth-order valence-corrected chi connectivity index (χ4v) is 5.99. The van der Waals surface area contributed by atoms with Crippen molar-refractivity contribution < 1.29 is 14.3 Å². The molecule has 1 aliphatic carbocycles. The van der Waals surface area contributed by atoms with Crippen molar-refractivity contribution in [1.82, 2.24) is 14.8 Å². The van der Waals surface area contributed by atoms with Crippen LogP contribution in [0.1, 0.15) is 45.1 Å². The van der Waals surface area contributed by atoms with Crippen LogP contribution in [-0.4, -0.2) is 92.4 Å². The fraction of sp³-hybridized carbons (Fsp3) is 0.594. The van der Waals surface area contributed by atoms with Gasteiger partial charge in [-0.3, -0.25) is 14.7 Å². The summed E-state index contributed by atoms with van der Waals surface area (Å²) >= 11 is 0. The van der Waals surface area contributed by atoms with Gasteiger partial charge in [-0.15, -0.1) is 0 Å². The fourth-order valence-electron chi connectivity index (χ4n) is 5.99. The zero-order valence-electron chi connectivity index (χ0n) is 25.0. The maximum atomic E-state index is 9.06. The lowest BCUT2D eigenvalue weighted by molar-refractivity contribution is -0.104. The number of pyridine rings is 1.